The summed E-state index contributed by atoms with van der Waals surface area (Å²) < 4.78 is 25.7. The van der Waals surface area contributed by atoms with Crippen LogP contribution in [0.3, 0.4) is 0 Å². The Kier molecular flexibility index (Phi) is 9.28. The number of halogens is 1. The number of hydrogen-bond acceptors (Lipinski definition) is 4. The van der Waals surface area contributed by atoms with Gasteiger partial charge in [0.05, 0.1) is 23.2 Å². The van der Waals surface area contributed by atoms with Crippen molar-refractivity contribution in [2.75, 3.05) is 29.0 Å². The van der Waals surface area contributed by atoms with Crippen molar-refractivity contribution in [1.29, 1.82) is 0 Å². The maximum Gasteiger partial charge on any atom is 0.253 e. The minimum absolute atomic E-state index is 0.0869. The summed E-state index contributed by atoms with van der Waals surface area (Å²) >= 11 is 5.90. The molecule has 0 fully saturated rings. The van der Waals surface area contributed by atoms with Crippen LogP contribution >= 0.6 is 11.6 Å². The molecule has 0 aromatic heterocycles. The van der Waals surface area contributed by atoms with Crippen LogP contribution < -0.4 is 14.9 Å². The van der Waals surface area contributed by atoms with Crippen molar-refractivity contribution in [2.45, 2.75) is 19.3 Å². The Bertz CT molecular complexity index is 1250. The van der Waals surface area contributed by atoms with Crippen molar-refractivity contribution >= 4 is 44.8 Å². The molecule has 0 aliphatic heterocycles. The largest absolute Gasteiger partial charge is 0.352 e. The summed E-state index contributed by atoms with van der Waals surface area (Å²) in [5, 5.41) is 6.16. The fraction of sp³-hybridized carbons (Fsp3) is 0.231. The average Bonchev–Trinajstić information content (AvgIpc) is 2.83. The number of rotatable bonds is 11. The van der Waals surface area contributed by atoms with Crippen molar-refractivity contribution in [3.63, 3.8) is 0 Å². The minimum atomic E-state index is -3.53. The van der Waals surface area contributed by atoms with Crippen molar-refractivity contribution < 1.29 is 18.0 Å². The summed E-state index contributed by atoms with van der Waals surface area (Å²) in [6, 6.07) is 23.1. The number of nitrogens with zero attached hydrogens (tertiary/aromatic N) is 1. The summed E-state index contributed by atoms with van der Waals surface area (Å²) in [6.45, 7) is 0.604. The molecule has 2 N–H and O–H groups in total. The van der Waals surface area contributed by atoms with E-state index in [2.05, 4.69) is 10.6 Å². The standard InChI is InChI=1S/C26H28ClN3O4S/c1-35(33,34)30(22-15-13-21(27)14-16-22)19-7-12-25(31)29-24-11-6-5-10-23(24)26(32)28-18-17-20-8-3-2-4-9-20/h2-6,8-11,13-16H,7,12,17-19H2,1H3,(H,28,32)(H,29,31). The number of benzene rings is 3. The van der Waals surface area contributed by atoms with Gasteiger partial charge < -0.3 is 10.6 Å². The lowest BCUT2D eigenvalue weighted by Gasteiger charge is -2.22. The lowest BCUT2D eigenvalue weighted by Crippen LogP contribution is -2.31. The van der Waals surface area contributed by atoms with Gasteiger partial charge in [-0.2, -0.15) is 0 Å². The number of anilines is 2. The van der Waals surface area contributed by atoms with Crippen LogP contribution in [-0.4, -0.2) is 39.6 Å². The highest BCUT2D eigenvalue weighted by molar-refractivity contribution is 7.92. The number of para-hydroxylation sites is 1. The Morgan fingerprint density at radius 1 is 0.914 bits per heavy atom. The number of carbonyl (C=O) groups is 2. The quantitative estimate of drug-likeness (QED) is 0.394. The number of amides is 2. The van der Waals surface area contributed by atoms with Crippen LogP contribution in [0.1, 0.15) is 28.8 Å². The molecule has 0 saturated carbocycles. The Labute approximate surface area is 211 Å². The normalized spacial score (nSPS) is 11.0. The zero-order valence-electron chi connectivity index (χ0n) is 19.4. The smallest absolute Gasteiger partial charge is 0.253 e. The van der Waals surface area contributed by atoms with E-state index < -0.39 is 10.0 Å². The molecule has 0 bridgehead atoms. The molecule has 0 radical (unpaired) electrons. The molecule has 3 aromatic carbocycles. The van der Waals surface area contributed by atoms with Gasteiger partial charge in [0.25, 0.3) is 5.91 Å². The van der Waals surface area contributed by atoms with Gasteiger partial charge in [0.15, 0.2) is 0 Å². The summed E-state index contributed by atoms with van der Waals surface area (Å²) in [6.07, 6.45) is 2.20. The number of sulfonamides is 1. The predicted octanol–water partition coefficient (Wildman–Crippen LogP) is 4.50. The molecule has 0 saturated heterocycles. The fourth-order valence-electron chi connectivity index (χ4n) is 3.54. The van der Waals surface area contributed by atoms with Crippen LogP contribution in [0.4, 0.5) is 11.4 Å². The van der Waals surface area contributed by atoms with Crippen molar-refractivity contribution in [3.8, 4) is 0 Å². The van der Waals surface area contributed by atoms with Gasteiger partial charge in [-0.15, -0.1) is 0 Å². The van der Waals surface area contributed by atoms with E-state index in [-0.39, 0.29) is 24.8 Å². The van der Waals surface area contributed by atoms with Gasteiger partial charge in [-0.05, 0) is 54.8 Å². The maximum atomic E-state index is 12.7. The topological polar surface area (TPSA) is 95.6 Å². The fourth-order valence-corrected chi connectivity index (χ4v) is 4.63. The Balaban J connectivity index is 1.55. The van der Waals surface area contributed by atoms with E-state index in [1.54, 1.807) is 48.5 Å². The van der Waals surface area contributed by atoms with E-state index >= 15 is 0 Å². The average molecular weight is 514 g/mol. The number of hydrogen-bond donors (Lipinski definition) is 2. The Morgan fingerprint density at radius 2 is 1.57 bits per heavy atom. The third-order valence-electron chi connectivity index (χ3n) is 5.27. The molecule has 0 spiro atoms. The van der Waals surface area contributed by atoms with Crippen LogP contribution in [0.15, 0.2) is 78.9 Å². The molecular formula is C26H28ClN3O4S. The van der Waals surface area contributed by atoms with Gasteiger partial charge in [0.1, 0.15) is 0 Å². The summed E-state index contributed by atoms with van der Waals surface area (Å²) in [5.41, 5.74) is 2.38. The van der Waals surface area contributed by atoms with Gasteiger partial charge in [-0.3, -0.25) is 13.9 Å². The molecule has 0 aliphatic carbocycles. The first-order chi connectivity index (χ1) is 16.7. The highest BCUT2D eigenvalue weighted by Gasteiger charge is 2.18. The molecular weight excluding hydrogens is 486 g/mol. The molecule has 0 atom stereocenters. The molecule has 0 heterocycles. The van der Waals surface area contributed by atoms with Crippen molar-refractivity contribution in [2.24, 2.45) is 0 Å². The molecule has 0 unspecified atom stereocenters. The third kappa shape index (κ3) is 8.12. The van der Waals surface area contributed by atoms with E-state index in [9.17, 15) is 18.0 Å². The summed E-state index contributed by atoms with van der Waals surface area (Å²) in [5.74, 6) is -0.582. The van der Waals surface area contributed by atoms with Crippen LogP contribution in [0.2, 0.25) is 5.02 Å². The van der Waals surface area contributed by atoms with Gasteiger partial charge in [0, 0.05) is 24.5 Å². The first kappa shape index (κ1) is 26.2. The predicted molar refractivity (Wildman–Crippen MR) is 140 cm³/mol. The van der Waals surface area contributed by atoms with Crippen LogP contribution in [-0.2, 0) is 21.2 Å². The van der Waals surface area contributed by atoms with Crippen LogP contribution in [0, 0.1) is 0 Å². The van der Waals surface area contributed by atoms with Gasteiger partial charge in [-0.25, -0.2) is 8.42 Å². The maximum absolute atomic E-state index is 12.7. The monoisotopic (exact) mass is 513 g/mol. The second-order valence-electron chi connectivity index (χ2n) is 8.00. The second-order valence-corrected chi connectivity index (χ2v) is 10.3. The highest BCUT2D eigenvalue weighted by atomic mass is 35.5. The first-order valence-electron chi connectivity index (χ1n) is 11.2. The van der Waals surface area contributed by atoms with Crippen molar-refractivity contribution in [3.05, 3.63) is 95.0 Å². The Hall–Kier alpha value is -3.36. The highest BCUT2D eigenvalue weighted by Crippen LogP contribution is 2.21. The van der Waals surface area contributed by atoms with Gasteiger partial charge in [-0.1, -0.05) is 54.1 Å². The molecule has 0 aliphatic rings. The van der Waals surface area contributed by atoms with Gasteiger partial charge in [0.2, 0.25) is 15.9 Å². The molecule has 3 rings (SSSR count). The molecule has 3 aromatic rings. The van der Waals surface area contributed by atoms with E-state index in [0.717, 1.165) is 11.8 Å². The SMILES string of the molecule is CS(=O)(=O)N(CCCC(=O)Nc1ccccc1C(=O)NCCc1ccccc1)c1ccc(Cl)cc1. The minimum Gasteiger partial charge on any atom is -0.352 e. The molecule has 7 nitrogen and oxygen atoms in total. The summed E-state index contributed by atoms with van der Waals surface area (Å²) in [7, 11) is -3.53. The Morgan fingerprint density at radius 3 is 2.26 bits per heavy atom. The number of nitrogens with one attached hydrogen (secondary N) is 2. The lowest BCUT2D eigenvalue weighted by molar-refractivity contribution is -0.116. The molecule has 9 heteroatoms. The van der Waals surface area contributed by atoms with E-state index in [4.69, 9.17) is 11.6 Å². The summed E-state index contributed by atoms with van der Waals surface area (Å²) in [4.78, 5) is 25.3. The van der Waals surface area contributed by atoms with E-state index in [1.165, 1.54) is 4.31 Å². The zero-order chi connectivity index (χ0) is 25.3. The van der Waals surface area contributed by atoms with Gasteiger partial charge >= 0.3 is 0 Å². The van der Waals surface area contributed by atoms with E-state index in [0.29, 0.717) is 41.3 Å². The number of carbonyl (C=O) groups excluding carboxylic acids is 2. The van der Waals surface area contributed by atoms with Crippen LogP contribution in [0.25, 0.3) is 0 Å². The van der Waals surface area contributed by atoms with Crippen LogP contribution in [0.5, 0.6) is 0 Å². The zero-order valence-corrected chi connectivity index (χ0v) is 21.0. The molecule has 2 amide bonds. The van der Waals surface area contributed by atoms with E-state index in [1.807, 2.05) is 30.3 Å². The second kappa shape index (κ2) is 12.4. The molecule has 184 valence electrons. The van der Waals surface area contributed by atoms with Crippen molar-refractivity contribution in [1.82, 2.24) is 5.32 Å². The third-order valence-corrected chi connectivity index (χ3v) is 6.71. The first-order valence-corrected chi connectivity index (χ1v) is 13.4. The lowest BCUT2D eigenvalue weighted by atomic mass is 10.1. The molecule has 35 heavy (non-hydrogen) atoms.